The number of carbonyl (C=O) groups excluding carboxylic acids is 2. The number of benzene rings is 1. The molecule has 0 aliphatic carbocycles. The van der Waals surface area contributed by atoms with Crippen LogP contribution in [0.4, 0.5) is 5.69 Å². The zero-order valence-electron chi connectivity index (χ0n) is 9.99. The number of ether oxygens (including phenoxy) is 1. The maximum Gasteiger partial charge on any atom is 0.349 e. The maximum absolute atomic E-state index is 11.9. The van der Waals surface area contributed by atoms with E-state index in [1.54, 1.807) is 31.2 Å². The molecule has 2 rings (SSSR count). The van der Waals surface area contributed by atoms with E-state index >= 15 is 0 Å². The van der Waals surface area contributed by atoms with Crippen molar-refractivity contribution < 1.29 is 14.3 Å². The standard InChI is InChI=1S/C13H9ClN2O3/c1-2-19-13(18)8(6-15)10-7-4-3-5-9(14)11(7)16-12(10)17/h3-5H,2H2,1H3,(H,16,17)/b10-8-. The second-order valence-electron chi connectivity index (χ2n) is 3.70. The molecule has 5 nitrogen and oxygen atoms in total. The molecule has 1 amide bonds. The lowest BCUT2D eigenvalue weighted by molar-refractivity contribution is -0.138. The molecule has 0 radical (unpaired) electrons. The van der Waals surface area contributed by atoms with Crippen molar-refractivity contribution in [1.29, 1.82) is 5.26 Å². The smallest absolute Gasteiger partial charge is 0.349 e. The largest absolute Gasteiger partial charge is 0.462 e. The molecule has 1 N–H and O–H groups in total. The topological polar surface area (TPSA) is 79.2 Å². The lowest BCUT2D eigenvalue weighted by Crippen LogP contribution is -2.13. The molecular weight excluding hydrogens is 268 g/mol. The Hall–Kier alpha value is -2.32. The molecule has 1 heterocycles. The van der Waals surface area contributed by atoms with Gasteiger partial charge in [-0.25, -0.2) is 4.79 Å². The first-order valence-electron chi connectivity index (χ1n) is 5.51. The van der Waals surface area contributed by atoms with Crippen molar-refractivity contribution in [3.63, 3.8) is 0 Å². The SMILES string of the molecule is CCOC(=O)/C(C#N)=C1\C(=O)Nc2c(Cl)cccc21. The molecule has 96 valence electrons. The first kappa shape index (κ1) is 13.1. The number of fused-ring (bicyclic) bond motifs is 1. The summed E-state index contributed by atoms with van der Waals surface area (Å²) in [4.78, 5) is 23.6. The van der Waals surface area contributed by atoms with Gasteiger partial charge in [0.25, 0.3) is 5.91 Å². The lowest BCUT2D eigenvalue weighted by Gasteiger charge is -2.03. The van der Waals surface area contributed by atoms with E-state index in [-0.39, 0.29) is 17.8 Å². The second kappa shape index (κ2) is 5.12. The summed E-state index contributed by atoms with van der Waals surface area (Å²) in [6.45, 7) is 1.75. The molecule has 0 spiro atoms. The van der Waals surface area contributed by atoms with Crippen LogP contribution in [0.1, 0.15) is 12.5 Å². The van der Waals surface area contributed by atoms with Crippen LogP contribution in [-0.2, 0) is 14.3 Å². The second-order valence-corrected chi connectivity index (χ2v) is 4.11. The van der Waals surface area contributed by atoms with Crippen molar-refractivity contribution in [3.05, 3.63) is 34.4 Å². The Kier molecular flexibility index (Phi) is 3.54. The molecule has 1 aliphatic heterocycles. The van der Waals surface area contributed by atoms with Gasteiger partial charge in [0.2, 0.25) is 0 Å². The van der Waals surface area contributed by atoms with Crippen LogP contribution in [0, 0.1) is 11.3 Å². The number of rotatable bonds is 2. The molecule has 0 saturated heterocycles. The molecule has 1 aromatic rings. The summed E-state index contributed by atoms with van der Waals surface area (Å²) in [7, 11) is 0. The number of hydrogen-bond donors (Lipinski definition) is 1. The van der Waals surface area contributed by atoms with E-state index < -0.39 is 11.9 Å². The van der Waals surface area contributed by atoms with Crippen molar-refractivity contribution in [3.8, 4) is 6.07 Å². The highest BCUT2D eigenvalue weighted by atomic mass is 35.5. The number of halogens is 1. The zero-order valence-corrected chi connectivity index (χ0v) is 10.7. The molecule has 0 bridgehead atoms. The molecule has 0 aromatic heterocycles. The summed E-state index contributed by atoms with van der Waals surface area (Å²) in [5.74, 6) is -1.35. The third-order valence-electron chi connectivity index (χ3n) is 2.59. The number of esters is 1. The molecule has 0 fully saturated rings. The predicted molar refractivity (Wildman–Crippen MR) is 69.2 cm³/mol. The molecule has 0 unspecified atom stereocenters. The normalized spacial score (nSPS) is 15.3. The Labute approximate surface area is 114 Å². The highest BCUT2D eigenvalue weighted by Crippen LogP contribution is 2.38. The van der Waals surface area contributed by atoms with E-state index in [4.69, 9.17) is 21.6 Å². The van der Waals surface area contributed by atoms with Crippen LogP contribution in [0.3, 0.4) is 0 Å². The minimum absolute atomic E-state index is 0.00144. The third kappa shape index (κ3) is 2.18. The van der Waals surface area contributed by atoms with Crippen LogP contribution < -0.4 is 5.32 Å². The first-order valence-corrected chi connectivity index (χ1v) is 5.89. The van der Waals surface area contributed by atoms with Crippen molar-refractivity contribution in [2.75, 3.05) is 11.9 Å². The van der Waals surface area contributed by atoms with Crippen LogP contribution in [0.5, 0.6) is 0 Å². The predicted octanol–water partition coefficient (Wildman–Crippen LogP) is 2.13. The van der Waals surface area contributed by atoms with Crippen LogP contribution in [0.15, 0.2) is 23.8 Å². The minimum atomic E-state index is -0.817. The van der Waals surface area contributed by atoms with Gasteiger partial charge in [-0.1, -0.05) is 23.7 Å². The van der Waals surface area contributed by atoms with Crippen molar-refractivity contribution >= 4 is 34.7 Å². The van der Waals surface area contributed by atoms with E-state index in [0.717, 1.165) is 0 Å². The molecule has 19 heavy (non-hydrogen) atoms. The van der Waals surface area contributed by atoms with Gasteiger partial charge in [0.15, 0.2) is 5.57 Å². The van der Waals surface area contributed by atoms with E-state index in [9.17, 15) is 9.59 Å². The number of nitriles is 1. The monoisotopic (exact) mass is 276 g/mol. The lowest BCUT2D eigenvalue weighted by atomic mass is 10.0. The van der Waals surface area contributed by atoms with E-state index in [2.05, 4.69) is 5.32 Å². The number of nitrogens with zero attached hydrogens (tertiary/aromatic N) is 1. The average molecular weight is 277 g/mol. The number of anilines is 1. The van der Waals surface area contributed by atoms with E-state index in [0.29, 0.717) is 16.3 Å². The Bertz CT molecular complexity index is 644. The number of hydrogen-bond acceptors (Lipinski definition) is 4. The van der Waals surface area contributed by atoms with Gasteiger partial charge in [0.1, 0.15) is 6.07 Å². The minimum Gasteiger partial charge on any atom is -0.462 e. The molecular formula is C13H9ClN2O3. The van der Waals surface area contributed by atoms with E-state index in [1.807, 2.05) is 0 Å². The summed E-state index contributed by atoms with van der Waals surface area (Å²) in [6, 6.07) is 6.59. The van der Waals surface area contributed by atoms with Crippen molar-refractivity contribution in [2.45, 2.75) is 6.92 Å². The first-order chi connectivity index (χ1) is 9.10. The van der Waals surface area contributed by atoms with Crippen LogP contribution in [0.25, 0.3) is 5.57 Å². The van der Waals surface area contributed by atoms with Gasteiger partial charge in [0.05, 0.1) is 22.9 Å². The van der Waals surface area contributed by atoms with Crippen LogP contribution in [0.2, 0.25) is 5.02 Å². The van der Waals surface area contributed by atoms with E-state index in [1.165, 1.54) is 0 Å². The summed E-state index contributed by atoms with van der Waals surface area (Å²) < 4.78 is 4.77. The van der Waals surface area contributed by atoms with Gasteiger partial charge in [0, 0.05) is 5.56 Å². The van der Waals surface area contributed by atoms with Gasteiger partial charge in [-0.2, -0.15) is 5.26 Å². The zero-order chi connectivity index (χ0) is 14.0. The number of amides is 1. The number of nitrogens with one attached hydrogen (secondary N) is 1. The van der Waals surface area contributed by atoms with Gasteiger partial charge < -0.3 is 10.1 Å². The van der Waals surface area contributed by atoms with Crippen molar-refractivity contribution in [1.82, 2.24) is 0 Å². The Morgan fingerprint density at radius 1 is 1.53 bits per heavy atom. The fourth-order valence-corrected chi connectivity index (χ4v) is 2.03. The molecule has 1 aromatic carbocycles. The summed E-state index contributed by atoms with van der Waals surface area (Å²) >= 11 is 5.95. The van der Waals surface area contributed by atoms with Gasteiger partial charge >= 0.3 is 5.97 Å². The molecule has 0 atom stereocenters. The van der Waals surface area contributed by atoms with Crippen LogP contribution in [-0.4, -0.2) is 18.5 Å². The molecule has 6 heteroatoms. The van der Waals surface area contributed by atoms with Crippen LogP contribution >= 0.6 is 11.6 Å². The fourth-order valence-electron chi connectivity index (χ4n) is 1.81. The Morgan fingerprint density at radius 3 is 2.89 bits per heavy atom. The highest BCUT2D eigenvalue weighted by molar-refractivity contribution is 6.41. The summed E-state index contributed by atoms with van der Waals surface area (Å²) in [5, 5.41) is 12.0. The average Bonchev–Trinajstić information content (AvgIpc) is 2.70. The molecule has 1 aliphatic rings. The van der Waals surface area contributed by atoms with Gasteiger partial charge in [-0.05, 0) is 13.0 Å². The maximum atomic E-state index is 11.9. The fraction of sp³-hybridized carbons (Fsp3) is 0.154. The molecule has 0 saturated carbocycles. The third-order valence-corrected chi connectivity index (χ3v) is 2.90. The quantitative estimate of drug-likeness (QED) is 0.510. The number of carbonyl (C=O) groups is 2. The Morgan fingerprint density at radius 2 is 2.26 bits per heavy atom. The van der Waals surface area contributed by atoms with Gasteiger partial charge in [-0.15, -0.1) is 0 Å². The Balaban J connectivity index is 2.63. The summed E-state index contributed by atoms with van der Waals surface area (Å²) in [6.07, 6.45) is 0. The number of para-hydroxylation sites is 1. The highest BCUT2D eigenvalue weighted by Gasteiger charge is 2.32. The van der Waals surface area contributed by atoms with Crippen molar-refractivity contribution in [2.24, 2.45) is 0 Å². The summed E-state index contributed by atoms with van der Waals surface area (Å²) in [5.41, 5.74) is 0.516. The van der Waals surface area contributed by atoms with Gasteiger partial charge in [-0.3, -0.25) is 4.79 Å².